The first-order valence-electron chi connectivity index (χ1n) is 4.92. The molecule has 1 aliphatic heterocycles. The van der Waals surface area contributed by atoms with Crippen LogP contribution < -0.4 is 0 Å². The van der Waals surface area contributed by atoms with Crippen LogP contribution in [0.4, 0.5) is 0 Å². The Morgan fingerprint density at radius 2 is 2.56 bits per heavy atom. The zero-order chi connectivity index (χ0) is 11.5. The van der Waals surface area contributed by atoms with Crippen molar-refractivity contribution in [2.24, 2.45) is 0 Å². The van der Waals surface area contributed by atoms with Crippen molar-refractivity contribution in [3.05, 3.63) is 21.3 Å². The molecule has 0 bridgehead atoms. The highest BCUT2D eigenvalue weighted by atomic mass is 79.9. The molecule has 1 aromatic rings. The van der Waals surface area contributed by atoms with E-state index in [-0.39, 0.29) is 12.0 Å². The van der Waals surface area contributed by atoms with E-state index in [1.54, 1.807) is 11.0 Å². The number of nitrogens with zero attached hydrogens (tertiary/aromatic N) is 1. The first kappa shape index (κ1) is 12.4. The molecular formula is C10H11BrClNO2S. The highest BCUT2D eigenvalue weighted by Crippen LogP contribution is 2.24. The lowest BCUT2D eigenvalue weighted by atomic mass is 10.3. The summed E-state index contributed by atoms with van der Waals surface area (Å²) >= 11 is 10.7. The molecule has 1 atom stereocenters. The van der Waals surface area contributed by atoms with E-state index in [0.29, 0.717) is 29.6 Å². The molecule has 1 saturated heterocycles. The number of carbonyl (C=O) groups excluding carboxylic acids is 1. The second-order valence-corrected chi connectivity index (χ2v) is 5.47. The van der Waals surface area contributed by atoms with E-state index in [9.17, 15) is 4.79 Å². The van der Waals surface area contributed by atoms with Gasteiger partial charge in [0, 0.05) is 18.4 Å². The standard InChI is InChI=1S/C10H11BrClNO2S/c11-5-7-6-13(2-3-15-7)10(14)9-8(12)1-4-16-9/h1,4,7H,2-3,5-6H2. The second kappa shape index (κ2) is 5.49. The molecule has 0 saturated carbocycles. The molecule has 1 amide bonds. The molecule has 0 radical (unpaired) electrons. The van der Waals surface area contributed by atoms with Crippen LogP contribution >= 0.6 is 38.9 Å². The van der Waals surface area contributed by atoms with Crippen LogP contribution in [0, 0.1) is 0 Å². The normalized spacial score (nSPS) is 21.1. The van der Waals surface area contributed by atoms with Crippen LogP contribution in [0.25, 0.3) is 0 Å². The third kappa shape index (κ3) is 2.59. The number of thiophene rings is 1. The number of carbonyl (C=O) groups is 1. The summed E-state index contributed by atoms with van der Waals surface area (Å²) < 4.78 is 5.48. The van der Waals surface area contributed by atoms with Gasteiger partial charge in [0.25, 0.3) is 5.91 Å². The van der Waals surface area contributed by atoms with E-state index in [1.165, 1.54) is 11.3 Å². The summed E-state index contributed by atoms with van der Waals surface area (Å²) in [7, 11) is 0. The van der Waals surface area contributed by atoms with Crippen molar-refractivity contribution in [3.63, 3.8) is 0 Å². The van der Waals surface area contributed by atoms with Crippen molar-refractivity contribution in [1.82, 2.24) is 4.90 Å². The Labute approximate surface area is 111 Å². The van der Waals surface area contributed by atoms with E-state index in [1.807, 2.05) is 5.38 Å². The van der Waals surface area contributed by atoms with Gasteiger partial charge in [-0.25, -0.2) is 0 Å². The van der Waals surface area contributed by atoms with Gasteiger partial charge in [-0.05, 0) is 11.4 Å². The number of morpholine rings is 1. The first-order chi connectivity index (χ1) is 7.72. The van der Waals surface area contributed by atoms with Gasteiger partial charge in [0.1, 0.15) is 4.88 Å². The largest absolute Gasteiger partial charge is 0.374 e. The monoisotopic (exact) mass is 323 g/mol. The fraction of sp³-hybridized carbons (Fsp3) is 0.500. The maximum absolute atomic E-state index is 12.1. The number of ether oxygens (including phenoxy) is 1. The molecular weight excluding hydrogens is 314 g/mol. The summed E-state index contributed by atoms with van der Waals surface area (Å²) in [6.07, 6.45) is 0.0800. The number of hydrogen-bond donors (Lipinski definition) is 0. The van der Waals surface area contributed by atoms with Crippen LogP contribution in [0.5, 0.6) is 0 Å². The smallest absolute Gasteiger partial charge is 0.265 e. The average molecular weight is 325 g/mol. The van der Waals surface area contributed by atoms with Gasteiger partial charge in [0.05, 0.1) is 17.7 Å². The third-order valence-electron chi connectivity index (χ3n) is 2.41. The fourth-order valence-electron chi connectivity index (χ4n) is 1.59. The summed E-state index contributed by atoms with van der Waals surface area (Å²) in [6.45, 7) is 1.85. The topological polar surface area (TPSA) is 29.5 Å². The quantitative estimate of drug-likeness (QED) is 0.783. The molecule has 16 heavy (non-hydrogen) atoms. The Bertz CT molecular complexity index is 385. The van der Waals surface area contributed by atoms with E-state index < -0.39 is 0 Å². The lowest BCUT2D eigenvalue weighted by Gasteiger charge is -2.31. The first-order valence-corrected chi connectivity index (χ1v) is 7.30. The van der Waals surface area contributed by atoms with Crippen molar-refractivity contribution in [3.8, 4) is 0 Å². The second-order valence-electron chi connectivity index (χ2n) is 3.50. The van der Waals surface area contributed by atoms with Gasteiger partial charge in [0.2, 0.25) is 0 Å². The Balaban J connectivity index is 2.07. The molecule has 0 spiro atoms. The maximum atomic E-state index is 12.1. The van der Waals surface area contributed by atoms with Crippen molar-refractivity contribution in [2.45, 2.75) is 6.10 Å². The van der Waals surface area contributed by atoms with Crippen molar-refractivity contribution in [1.29, 1.82) is 0 Å². The van der Waals surface area contributed by atoms with Gasteiger partial charge in [-0.2, -0.15) is 0 Å². The van der Waals surface area contributed by atoms with Crippen molar-refractivity contribution in [2.75, 3.05) is 25.0 Å². The molecule has 2 rings (SSSR count). The summed E-state index contributed by atoms with van der Waals surface area (Å²) in [4.78, 5) is 14.5. The fourth-order valence-corrected chi connectivity index (χ4v) is 3.08. The predicted octanol–water partition coefficient (Wildman–Crippen LogP) is 2.64. The minimum Gasteiger partial charge on any atom is -0.374 e. The maximum Gasteiger partial charge on any atom is 0.265 e. The van der Waals surface area contributed by atoms with Crippen LogP contribution in [0.2, 0.25) is 5.02 Å². The Kier molecular flexibility index (Phi) is 4.24. The number of amides is 1. The Morgan fingerprint density at radius 1 is 1.75 bits per heavy atom. The molecule has 1 aliphatic rings. The molecule has 0 aliphatic carbocycles. The van der Waals surface area contributed by atoms with Gasteiger partial charge >= 0.3 is 0 Å². The van der Waals surface area contributed by atoms with Crippen LogP contribution in [0.15, 0.2) is 11.4 Å². The van der Waals surface area contributed by atoms with Gasteiger partial charge in [0.15, 0.2) is 0 Å². The SMILES string of the molecule is O=C(c1sccc1Cl)N1CCOC(CBr)C1. The number of rotatable bonds is 2. The molecule has 88 valence electrons. The Hall–Kier alpha value is -0.100. The van der Waals surface area contributed by atoms with E-state index in [0.717, 1.165) is 5.33 Å². The molecule has 1 aromatic heterocycles. The van der Waals surface area contributed by atoms with E-state index in [4.69, 9.17) is 16.3 Å². The molecule has 6 heteroatoms. The molecule has 0 N–H and O–H groups in total. The van der Waals surface area contributed by atoms with Gasteiger partial charge in [-0.15, -0.1) is 11.3 Å². The molecule has 1 fully saturated rings. The summed E-state index contributed by atoms with van der Waals surface area (Å²) in [5, 5.41) is 3.12. The highest BCUT2D eigenvalue weighted by Gasteiger charge is 2.26. The average Bonchev–Trinajstić information content (AvgIpc) is 2.74. The number of alkyl halides is 1. The van der Waals surface area contributed by atoms with Gasteiger partial charge in [-0.3, -0.25) is 4.79 Å². The summed E-state index contributed by atoms with van der Waals surface area (Å²) in [5.74, 6) is 0.00856. The molecule has 1 unspecified atom stereocenters. The number of halogens is 2. The van der Waals surface area contributed by atoms with Crippen molar-refractivity contribution < 1.29 is 9.53 Å². The zero-order valence-corrected chi connectivity index (χ0v) is 11.6. The minimum atomic E-state index is 0.00856. The van der Waals surface area contributed by atoms with Crippen LogP contribution in [0.1, 0.15) is 9.67 Å². The van der Waals surface area contributed by atoms with Crippen LogP contribution in [0.3, 0.4) is 0 Å². The summed E-state index contributed by atoms with van der Waals surface area (Å²) in [5.41, 5.74) is 0. The molecule has 2 heterocycles. The third-order valence-corrected chi connectivity index (χ3v) is 4.46. The van der Waals surface area contributed by atoms with Crippen LogP contribution in [-0.4, -0.2) is 41.9 Å². The predicted molar refractivity (Wildman–Crippen MR) is 68.8 cm³/mol. The lowest BCUT2D eigenvalue weighted by Crippen LogP contribution is -2.46. The van der Waals surface area contributed by atoms with E-state index >= 15 is 0 Å². The zero-order valence-electron chi connectivity index (χ0n) is 8.49. The van der Waals surface area contributed by atoms with Crippen molar-refractivity contribution >= 4 is 44.8 Å². The van der Waals surface area contributed by atoms with Gasteiger partial charge < -0.3 is 9.64 Å². The lowest BCUT2D eigenvalue weighted by molar-refractivity contribution is -0.00945. The molecule has 3 nitrogen and oxygen atoms in total. The Morgan fingerprint density at radius 3 is 3.19 bits per heavy atom. The van der Waals surface area contributed by atoms with E-state index in [2.05, 4.69) is 15.9 Å². The minimum absolute atomic E-state index is 0.00856. The summed E-state index contributed by atoms with van der Waals surface area (Å²) in [6, 6.07) is 1.75. The highest BCUT2D eigenvalue weighted by molar-refractivity contribution is 9.09. The van der Waals surface area contributed by atoms with Gasteiger partial charge in [-0.1, -0.05) is 27.5 Å². The number of hydrogen-bond acceptors (Lipinski definition) is 3. The van der Waals surface area contributed by atoms with Crippen LogP contribution in [-0.2, 0) is 4.74 Å². The molecule has 0 aromatic carbocycles.